The van der Waals surface area contributed by atoms with E-state index < -0.39 is 83.2 Å². The van der Waals surface area contributed by atoms with Crippen molar-refractivity contribution in [1.82, 2.24) is 35.1 Å². The van der Waals surface area contributed by atoms with E-state index in [1.807, 2.05) is 0 Å². The molecule has 55 heavy (non-hydrogen) atoms. The van der Waals surface area contributed by atoms with Gasteiger partial charge in [0.1, 0.15) is 6.29 Å². The molecule has 4 heterocycles. The Kier molecular flexibility index (Phi) is 14.3. The van der Waals surface area contributed by atoms with Crippen molar-refractivity contribution in [2.24, 2.45) is 0 Å². The highest BCUT2D eigenvalue weighted by Gasteiger charge is 2.38. The Balaban J connectivity index is 1.33. The molecular weight excluding hydrogens is 726 g/mol. The maximum Gasteiger partial charge on any atom is 0.303 e. The van der Waals surface area contributed by atoms with Crippen LogP contribution in [0.1, 0.15) is 38.5 Å². The first-order valence-corrected chi connectivity index (χ1v) is 17.3. The molecule has 4 rings (SSSR count). The Labute approximate surface area is 313 Å². The van der Waals surface area contributed by atoms with Crippen molar-refractivity contribution in [3.63, 3.8) is 0 Å². The minimum absolute atomic E-state index is 0.0194. The second-order valence-corrected chi connectivity index (χ2v) is 12.8. The van der Waals surface area contributed by atoms with Crippen molar-refractivity contribution < 1.29 is 62.6 Å². The molecule has 0 saturated carbocycles. The largest absolute Gasteiger partial charge is 0.481 e. The van der Waals surface area contributed by atoms with Crippen LogP contribution in [0.3, 0.4) is 0 Å². The Hall–Kier alpha value is -6.44. The first-order valence-electron chi connectivity index (χ1n) is 17.3. The summed E-state index contributed by atoms with van der Waals surface area (Å²) < 4.78 is 0. The topological polar surface area (TPSA) is 265 Å². The third-order valence-electron chi connectivity index (χ3n) is 9.03. The van der Waals surface area contributed by atoms with E-state index in [2.05, 4.69) is 10.6 Å². The van der Waals surface area contributed by atoms with Gasteiger partial charge in [0.05, 0.1) is 31.2 Å². The van der Waals surface area contributed by atoms with Gasteiger partial charge in [-0.15, -0.1) is 0 Å². The van der Waals surface area contributed by atoms with Crippen molar-refractivity contribution in [1.29, 1.82) is 0 Å². The van der Waals surface area contributed by atoms with E-state index >= 15 is 0 Å². The van der Waals surface area contributed by atoms with Crippen LogP contribution >= 0.6 is 0 Å². The number of carbonyl (C=O) groups excluding carboxylic acids is 11. The van der Waals surface area contributed by atoms with Crippen LogP contribution in [0.2, 0.25) is 0 Å². The Morgan fingerprint density at radius 1 is 0.636 bits per heavy atom. The number of hydrogen-bond acceptors (Lipinski definition) is 13. The predicted octanol–water partition coefficient (Wildman–Crippen LogP) is -3.05. The van der Waals surface area contributed by atoms with E-state index in [1.165, 1.54) is 4.90 Å². The number of carboxylic acids is 1. The molecule has 0 spiro atoms. The highest BCUT2D eigenvalue weighted by atomic mass is 16.4. The monoisotopic (exact) mass is 765 g/mol. The van der Waals surface area contributed by atoms with Gasteiger partial charge in [-0.2, -0.15) is 0 Å². The van der Waals surface area contributed by atoms with Crippen LogP contribution < -0.4 is 10.6 Å². The number of imide groups is 4. The highest BCUT2D eigenvalue weighted by Crippen LogP contribution is 2.19. The molecule has 0 fully saturated rings. The number of aliphatic carboxylic acids is 1. The zero-order valence-corrected chi connectivity index (χ0v) is 29.5. The van der Waals surface area contributed by atoms with Gasteiger partial charge in [0.15, 0.2) is 0 Å². The van der Waals surface area contributed by atoms with Gasteiger partial charge in [0.25, 0.3) is 47.3 Å². The fraction of sp³-hybridized carbons (Fsp3) is 0.429. The van der Waals surface area contributed by atoms with Crippen LogP contribution in [0.15, 0.2) is 48.6 Å². The summed E-state index contributed by atoms with van der Waals surface area (Å²) in [6.45, 7) is -0.874. The summed E-state index contributed by atoms with van der Waals surface area (Å²) in [5, 5.41) is 14.6. The molecule has 0 radical (unpaired) electrons. The molecule has 3 unspecified atom stereocenters. The van der Waals surface area contributed by atoms with E-state index in [-0.39, 0.29) is 77.8 Å². The van der Waals surface area contributed by atoms with Gasteiger partial charge in [-0.05, 0) is 19.3 Å². The maximum atomic E-state index is 13.1. The summed E-state index contributed by atoms with van der Waals surface area (Å²) >= 11 is 0. The van der Waals surface area contributed by atoms with Gasteiger partial charge in [0, 0.05) is 94.0 Å². The SMILES string of the molecule is O=CC(CC(CN1C(=O)C=CC1=O)N1C(=O)C=CC1=O)NCCN(CCNC(=O)CCC(CN1C(=O)C=CC1=O)N1C(=O)C=CC1=O)C(=O)CCCC(=O)O. The van der Waals surface area contributed by atoms with Gasteiger partial charge >= 0.3 is 5.97 Å². The second kappa shape index (κ2) is 19.1. The summed E-state index contributed by atoms with van der Waals surface area (Å²) in [7, 11) is 0. The van der Waals surface area contributed by atoms with Crippen molar-refractivity contribution in [3.05, 3.63) is 48.6 Å². The summed E-state index contributed by atoms with van der Waals surface area (Å²) in [4.78, 5) is 152. The Morgan fingerprint density at radius 2 is 1.09 bits per heavy atom. The smallest absolute Gasteiger partial charge is 0.303 e. The van der Waals surface area contributed by atoms with E-state index in [4.69, 9.17) is 5.11 Å². The molecule has 0 aliphatic carbocycles. The van der Waals surface area contributed by atoms with Gasteiger partial charge < -0.3 is 25.4 Å². The highest BCUT2D eigenvalue weighted by molar-refractivity contribution is 6.15. The minimum Gasteiger partial charge on any atom is -0.481 e. The van der Waals surface area contributed by atoms with Crippen molar-refractivity contribution in [3.8, 4) is 0 Å². The summed E-state index contributed by atoms with van der Waals surface area (Å²) in [6.07, 6.45) is 7.91. The zero-order chi connectivity index (χ0) is 40.2. The Bertz CT molecular complexity index is 1710. The van der Waals surface area contributed by atoms with Crippen LogP contribution in [0.4, 0.5) is 0 Å². The lowest BCUT2D eigenvalue weighted by Crippen LogP contribution is -2.52. The molecule has 0 bridgehead atoms. The fourth-order valence-corrected chi connectivity index (χ4v) is 6.24. The molecule has 20 nitrogen and oxygen atoms in total. The molecule has 0 aromatic carbocycles. The van der Waals surface area contributed by atoms with Crippen LogP contribution in [-0.4, -0.2) is 158 Å². The third kappa shape index (κ3) is 11.0. The standard InChI is InChI=1S/C35H39N7O13/c43-21-22(18-24(42-33(52)12-13-34(42)53)20-40-29(48)8-9-30(40)49)36-14-16-38(26(45)2-1-3-35(54)55)17-15-37-25(44)5-4-23(41-31(50)10-11-32(41)51)19-39-27(46)6-7-28(39)47/h6-13,21-24,36H,1-5,14-20H2,(H,37,44)(H,54,55). The summed E-state index contributed by atoms with van der Waals surface area (Å²) in [6, 6.07) is -3.08. The van der Waals surface area contributed by atoms with Gasteiger partial charge in [0.2, 0.25) is 11.8 Å². The first-order chi connectivity index (χ1) is 26.2. The molecule has 3 N–H and O–H groups in total. The molecule has 0 aromatic rings. The van der Waals surface area contributed by atoms with Gasteiger partial charge in [-0.1, -0.05) is 0 Å². The number of amides is 10. The first kappa shape index (κ1) is 41.3. The quantitative estimate of drug-likeness (QED) is 0.0690. The van der Waals surface area contributed by atoms with Crippen molar-refractivity contribution in [2.75, 3.05) is 39.3 Å². The number of carbonyl (C=O) groups is 12. The van der Waals surface area contributed by atoms with Crippen LogP contribution in [0.25, 0.3) is 0 Å². The summed E-state index contributed by atoms with van der Waals surface area (Å²) in [5.41, 5.74) is 0. The lowest BCUT2D eigenvalue weighted by atomic mass is 10.1. The third-order valence-corrected chi connectivity index (χ3v) is 9.03. The number of nitrogens with zero attached hydrogens (tertiary/aromatic N) is 5. The molecule has 0 aromatic heterocycles. The molecule has 4 aliphatic rings. The zero-order valence-electron chi connectivity index (χ0n) is 29.5. The minimum atomic E-state index is -1.10. The van der Waals surface area contributed by atoms with Crippen molar-refractivity contribution >= 4 is 71.3 Å². The van der Waals surface area contributed by atoms with Crippen molar-refractivity contribution in [2.45, 2.75) is 56.7 Å². The number of aldehydes is 1. The van der Waals surface area contributed by atoms with E-state index in [1.54, 1.807) is 0 Å². The average molecular weight is 766 g/mol. The van der Waals surface area contributed by atoms with E-state index in [9.17, 15) is 57.5 Å². The van der Waals surface area contributed by atoms with Crippen LogP contribution in [-0.2, 0) is 57.5 Å². The second-order valence-electron chi connectivity index (χ2n) is 12.8. The lowest BCUT2D eigenvalue weighted by molar-refractivity contribution is -0.145. The number of rotatable bonds is 23. The van der Waals surface area contributed by atoms with Crippen LogP contribution in [0, 0.1) is 0 Å². The normalized spacial score (nSPS) is 18.0. The lowest BCUT2D eigenvalue weighted by Gasteiger charge is -2.31. The summed E-state index contributed by atoms with van der Waals surface area (Å²) in [5.74, 6) is -7.36. The number of hydrogen-bond donors (Lipinski definition) is 3. The molecular formula is C35H39N7O13. The molecule has 20 heteroatoms. The molecule has 292 valence electrons. The maximum absolute atomic E-state index is 13.1. The van der Waals surface area contributed by atoms with E-state index in [0.29, 0.717) is 6.29 Å². The van der Waals surface area contributed by atoms with Gasteiger partial charge in [-0.25, -0.2) is 0 Å². The van der Waals surface area contributed by atoms with Gasteiger partial charge in [-0.3, -0.25) is 72.3 Å². The van der Waals surface area contributed by atoms with Crippen LogP contribution in [0.5, 0.6) is 0 Å². The molecule has 4 aliphatic heterocycles. The number of nitrogens with one attached hydrogen (secondary N) is 2. The fourth-order valence-electron chi connectivity index (χ4n) is 6.24. The molecule has 0 saturated heterocycles. The molecule has 10 amide bonds. The average Bonchev–Trinajstić information content (AvgIpc) is 3.86. The predicted molar refractivity (Wildman–Crippen MR) is 184 cm³/mol. The van der Waals surface area contributed by atoms with E-state index in [0.717, 1.165) is 68.2 Å². The Morgan fingerprint density at radius 3 is 1.58 bits per heavy atom. The number of carboxylic acid groups (broad SMARTS) is 1. The molecule has 3 atom stereocenters.